The highest BCUT2D eigenvalue weighted by Gasteiger charge is 2.36. The smallest absolute Gasteiger partial charge is 0.212 e. The summed E-state index contributed by atoms with van der Waals surface area (Å²) in [5.74, 6) is 1.77. The van der Waals surface area contributed by atoms with Crippen LogP contribution in [0.1, 0.15) is 269 Å². The molecule has 0 amide bonds. The number of fused-ring (bicyclic) bond motifs is 4. The van der Waals surface area contributed by atoms with Crippen LogP contribution in [-0.2, 0) is 0 Å². The number of rotatable bonds is 28. The molecule has 8 aromatic heterocycles. The molecule has 4 atom stereocenters. The number of carbonyl (C=O) groups excluding carboxylic acids is 4. The van der Waals surface area contributed by atoms with Gasteiger partial charge in [0, 0.05) is 168 Å². The molecule has 16 nitrogen and oxygen atoms in total. The van der Waals surface area contributed by atoms with Crippen molar-refractivity contribution < 1.29 is 73.2 Å². The average Bonchev–Trinajstić information content (AvgIpc) is 0.793. The van der Waals surface area contributed by atoms with Crippen LogP contribution in [0.15, 0.2) is 171 Å². The van der Waals surface area contributed by atoms with Gasteiger partial charge in [0.15, 0.2) is 46.4 Å². The summed E-state index contributed by atoms with van der Waals surface area (Å²) in [7, 11) is 6.20. The molecule has 672 valence electrons. The highest BCUT2D eigenvalue weighted by atomic mass is 19.2. The summed E-state index contributed by atoms with van der Waals surface area (Å²) in [5.41, 5.74) is 7.28. The summed E-state index contributed by atoms with van der Waals surface area (Å²) in [6.07, 6.45) is 34.1. The van der Waals surface area contributed by atoms with Gasteiger partial charge in [-0.3, -0.25) is 39.1 Å². The Hall–Kier alpha value is -11.6. The van der Waals surface area contributed by atoms with Crippen LogP contribution >= 0.6 is 0 Å². The van der Waals surface area contributed by atoms with Crippen LogP contribution in [0, 0.1) is 93.9 Å². The van der Waals surface area contributed by atoms with E-state index in [0.29, 0.717) is 140 Å². The molecule has 4 aliphatic rings. The number of carbonyl (C=O) groups is 4. The summed E-state index contributed by atoms with van der Waals surface area (Å²) in [4.78, 5) is 84.2. The van der Waals surface area contributed by atoms with Crippen molar-refractivity contribution in [3.63, 3.8) is 0 Å². The highest BCUT2D eigenvalue weighted by molar-refractivity contribution is 5.98. The van der Waals surface area contributed by atoms with E-state index in [1.165, 1.54) is 24.3 Å². The van der Waals surface area contributed by atoms with Crippen LogP contribution < -0.4 is 18.9 Å². The number of aromatic nitrogens is 8. The Kier molecular flexibility index (Phi) is 32.7. The summed E-state index contributed by atoms with van der Waals surface area (Å²) >= 11 is 0. The molecule has 16 rings (SSSR count). The first-order valence-electron chi connectivity index (χ1n) is 45.1. The van der Waals surface area contributed by atoms with E-state index < -0.39 is 46.5 Å². The Balaban J connectivity index is 0.000000146. The molecular weight excluding hydrogens is 1640 g/mol. The van der Waals surface area contributed by atoms with Crippen molar-refractivity contribution in [3.8, 4) is 23.5 Å². The quantitative estimate of drug-likeness (QED) is 0.0330. The van der Waals surface area contributed by atoms with Gasteiger partial charge in [0.25, 0.3) is 0 Å². The number of nitrogens with zero attached hydrogens (tertiary/aromatic N) is 8. The highest BCUT2D eigenvalue weighted by Crippen LogP contribution is 2.48. The molecule has 12 aromatic rings. The lowest BCUT2D eigenvalue weighted by Crippen LogP contribution is -2.23. The third-order valence-corrected chi connectivity index (χ3v) is 27.7. The van der Waals surface area contributed by atoms with Gasteiger partial charge in [-0.15, -0.1) is 0 Å². The molecule has 8 heterocycles. The molecule has 4 saturated carbocycles. The van der Waals surface area contributed by atoms with E-state index in [1.54, 1.807) is 127 Å². The van der Waals surface area contributed by atoms with Gasteiger partial charge in [0.2, 0.25) is 23.5 Å². The SMILES string of the molecule is CC[C@@H](CC(=O)c1ccc(OC)nc1)C1CCC(c2ccnc3c(F)cc(F)cc23)CC1.CC[C@@H](CC(=O)c1ccc(OC)nc1)C1CCC(c2ccnc3c(F)cc(F)cc23)CC1.CC[C@H](CC(=O)c1ccc(OC)nc1)C1CCC(c2ccnc3c(F)cc(F)cc23)CC1.CC[C@H](CC(=O)c1ccc(OC)nc1)C1CCC(c2ccnc3c(F)cc(F)cc23)CC1. The summed E-state index contributed by atoms with van der Waals surface area (Å²) in [6.45, 7) is 8.55. The first-order valence-corrected chi connectivity index (χ1v) is 45.1. The average molecular weight is 1750 g/mol. The van der Waals surface area contributed by atoms with Crippen LogP contribution in [0.2, 0.25) is 0 Å². The number of benzene rings is 4. The Labute approximate surface area is 742 Å². The first kappa shape index (κ1) is 94.1. The van der Waals surface area contributed by atoms with E-state index in [9.17, 15) is 54.3 Å². The number of methoxy groups -OCH3 is 4. The lowest BCUT2D eigenvalue weighted by molar-refractivity contribution is 0.0917. The molecule has 0 N–H and O–H groups in total. The van der Waals surface area contributed by atoms with Gasteiger partial charge in [-0.05, 0) is 269 Å². The molecule has 0 bridgehead atoms. The Bertz CT molecular complexity index is 5080. The molecule has 128 heavy (non-hydrogen) atoms. The minimum Gasteiger partial charge on any atom is -0.481 e. The van der Waals surface area contributed by atoms with Gasteiger partial charge in [-0.1, -0.05) is 53.4 Å². The molecule has 0 spiro atoms. The fourth-order valence-corrected chi connectivity index (χ4v) is 20.5. The predicted molar refractivity (Wildman–Crippen MR) is 480 cm³/mol. The van der Waals surface area contributed by atoms with Gasteiger partial charge < -0.3 is 18.9 Å². The van der Waals surface area contributed by atoms with Crippen molar-refractivity contribution in [2.24, 2.45) is 47.3 Å². The topological polar surface area (TPSA) is 208 Å². The number of pyridine rings is 8. The van der Waals surface area contributed by atoms with Crippen molar-refractivity contribution in [3.05, 3.63) is 262 Å². The van der Waals surface area contributed by atoms with Gasteiger partial charge in [0.05, 0.1) is 28.4 Å². The van der Waals surface area contributed by atoms with Crippen molar-refractivity contribution in [2.75, 3.05) is 28.4 Å². The van der Waals surface area contributed by atoms with E-state index in [4.69, 9.17) is 18.9 Å². The molecule has 4 aliphatic carbocycles. The van der Waals surface area contributed by atoms with E-state index in [-0.39, 0.29) is 68.9 Å². The van der Waals surface area contributed by atoms with Crippen LogP contribution in [0.4, 0.5) is 35.1 Å². The van der Waals surface area contributed by atoms with Crippen molar-refractivity contribution >= 4 is 66.7 Å². The van der Waals surface area contributed by atoms with Crippen LogP contribution in [-0.4, -0.2) is 91.4 Å². The lowest BCUT2D eigenvalue weighted by atomic mass is 9.71. The van der Waals surface area contributed by atoms with Crippen molar-refractivity contribution in [1.29, 1.82) is 0 Å². The normalized spacial score (nSPS) is 19.6. The lowest BCUT2D eigenvalue weighted by Gasteiger charge is -2.34. The maximum Gasteiger partial charge on any atom is 0.212 e. The third-order valence-electron chi connectivity index (χ3n) is 27.7. The molecule has 0 aliphatic heterocycles. The minimum absolute atomic E-state index is 0.111. The zero-order chi connectivity index (χ0) is 90.7. The molecule has 0 saturated heterocycles. The standard InChI is InChI=1S/4C26H28F2N2O2/c4*1-3-16(12-24(31)19-8-9-25(32-2)30-15-19)17-4-6-18(7-5-17)21-10-11-29-26-22(21)13-20(27)14-23(26)28/h4*8-11,13-18H,3-7,12H2,1-2H3/t4*16-,17?,18?/m1100/s1. The molecule has 4 aromatic carbocycles. The van der Waals surface area contributed by atoms with Gasteiger partial charge in [-0.25, -0.2) is 55.1 Å². The maximum atomic E-state index is 14.2. The molecule has 0 unspecified atom stereocenters. The second-order valence-electron chi connectivity index (χ2n) is 34.7. The van der Waals surface area contributed by atoms with Crippen molar-refractivity contribution in [2.45, 2.75) is 205 Å². The van der Waals surface area contributed by atoms with Gasteiger partial charge in [-0.2, -0.15) is 0 Å². The summed E-state index contributed by atoms with van der Waals surface area (Å²) < 4.78 is 132. The first-order chi connectivity index (χ1) is 62.0. The number of hydrogen-bond acceptors (Lipinski definition) is 16. The maximum absolute atomic E-state index is 14.2. The number of ether oxygens (including phenoxy) is 4. The molecule has 24 heteroatoms. The van der Waals surface area contributed by atoms with E-state index in [2.05, 4.69) is 67.6 Å². The molecule has 4 fully saturated rings. The molecule has 0 radical (unpaired) electrons. The van der Waals surface area contributed by atoms with E-state index in [1.807, 2.05) is 24.3 Å². The zero-order valence-electron chi connectivity index (χ0n) is 73.9. The third kappa shape index (κ3) is 23.1. The predicted octanol–water partition coefficient (Wildman–Crippen LogP) is 26.0. The Morgan fingerprint density at radius 3 is 0.641 bits per heavy atom. The number of ketones is 4. The fourth-order valence-electron chi connectivity index (χ4n) is 20.5. The van der Waals surface area contributed by atoms with Crippen LogP contribution in [0.5, 0.6) is 23.5 Å². The Morgan fingerprint density at radius 1 is 0.281 bits per heavy atom. The van der Waals surface area contributed by atoms with Gasteiger partial charge in [0.1, 0.15) is 45.3 Å². The Morgan fingerprint density at radius 2 is 0.477 bits per heavy atom. The fraction of sp³-hybridized carbons (Fsp3) is 0.423. The second-order valence-corrected chi connectivity index (χ2v) is 34.7. The van der Waals surface area contributed by atoms with Crippen molar-refractivity contribution in [1.82, 2.24) is 39.9 Å². The zero-order valence-corrected chi connectivity index (χ0v) is 73.9. The largest absolute Gasteiger partial charge is 0.481 e. The minimum atomic E-state index is -0.617. The number of hydrogen-bond donors (Lipinski definition) is 0. The van der Waals surface area contributed by atoms with Crippen LogP contribution in [0.25, 0.3) is 43.6 Å². The monoisotopic (exact) mass is 1750 g/mol. The van der Waals surface area contributed by atoms with Gasteiger partial charge >= 0.3 is 0 Å². The van der Waals surface area contributed by atoms with E-state index in [0.717, 1.165) is 175 Å². The number of Topliss-reactive ketones (excluding diaryl/α,β-unsaturated/α-hetero) is 4. The summed E-state index contributed by atoms with van der Waals surface area (Å²) in [5, 5.41) is 2.29. The molecular formula is C104H112F8N8O8. The second kappa shape index (κ2) is 44.4. The summed E-state index contributed by atoms with van der Waals surface area (Å²) in [6, 6.07) is 30.6. The van der Waals surface area contributed by atoms with Crippen LogP contribution in [0.3, 0.4) is 0 Å². The number of halogens is 8. The van der Waals surface area contributed by atoms with E-state index >= 15 is 0 Å².